The van der Waals surface area contributed by atoms with Crippen LogP contribution in [0.1, 0.15) is 16.7 Å². The number of hydrogen-bond donors (Lipinski definition) is 5. The van der Waals surface area contributed by atoms with Crippen LogP contribution in [-0.4, -0.2) is 25.5 Å². The lowest BCUT2D eigenvalue weighted by Gasteiger charge is -2.12. The van der Waals surface area contributed by atoms with Crippen molar-refractivity contribution in [3.63, 3.8) is 0 Å². The Balaban J connectivity index is 2.44. The summed E-state index contributed by atoms with van der Waals surface area (Å²) in [6.45, 7) is 1.60. The summed E-state index contributed by atoms with van der Waals surface area (Å²) >= 11 is 0. The average molecular weight is 262 g/mol. The third-order valence-corrected chi connectivity index (χ3v) is 3.06. The SMILES string of the molecule is Cc1c(Cc2ccc(O)cc2O)cc(O)c(O)c1O. The minimum Gasteiger partial charge on any atom is -0.508 e. The van der Waals surface area contributed by atoms with Crippen LogP contribution in [0.25, 0.3) is 0 Å². The van der Waals surface area contributed by atoms with E-state index in [1.807, 2.05) is 0 Å². The first-order valence-corrected chi connectivity index (χ1v) is 5.64. The van der Waals surface area contributed by atoms with Crippen LogP contribution in [0.4, 0.5) is 0 Å². The largest absolute Gasteiger partial charge is 0.508 e. The van der Waals surface area contributed by atoms with Gasteiger partial charge >= 0.3 is 0 Å². The molecule has 0 fully saturated rings. The van der Waals surface area contributed by atoms with Crippen molar-refractivity contribution in [2.24, 2.45) is 0 Å². The second-order valence-corrected chi connectivity index (χ2v) is 4.37. The van der Waals surface area contributed by atoms with E-state index in [4.69, 9.17) is 0 Å². The Morgan fingerprint density at radius 2 is 1.47 bits per heavy atom. The van der Waals surface area contributed by atoms with E-state index < -0.39 is 11.5 Å². The first kappa shape index (κ1) is 12.9. The van der Waals surface area contributed by atoms with Gasteiger partial charge in [0.25, 0.3) is 0 Å². The number of phenols is 5. The second-order valence-electron chi connectivity index (χ2n) is 4.37. The summed E-state index contributed by atoms with van der Waals surface area (Å²) in [6, 6.07) is 5.52. The molecule has 0 unspecified atom stereocenters. The molecule has 0 aliphatic rings. The third kappa shape index (κ3) is 2.35. The summed E-state index contributed by atoms with van der Waals surface area (Å²) in [5.41, 5.74) is 1.52. The van der Waals surface area contributed by atoms with Crippen molar-refractivity contribution in [1.29, 1.82) is 0 Å². The maximum Gasteiger partial charge on any atom is 0.200 e. The molecule has 5 heteroatoms. The van der Waals surface area contributed by atoms with Crippen molar-refractivity contribution < 1.29 is 25.5 Å². The molecular weight excluding hydrogens is 248 g/mol. The highest BCUT2D eigenvalue weighted by Gasteiger charge is 2.15. The van der Waals surface area contributed by atoms with Crippen molar-refractivity contribution in [2.45, 2.75) is 13.3 Å². The summed E-state index contributed by atoms with van der Waals surface area (Å²) < 4.78 is 0. The maximum atomic E-state index is 9.70. The minimum absolute atomic E-state index is 0.0469. The van der Waals surface area contributed by atoms with Gasteiger partial charge in [0.1, 0.15) is 11.5 Å². The van der Waals surface area contributed by atoms with E-state index >= 15 is 0 Å². The quantitative estimate of drug-likeness (QED) is 0.534. The standard InChI is InChI=1S/C14H14O5/c1-7-9(5-12(17)14(19)13(7)18)4-8-2-3-10(15)6-11(8)16/h2-3,5-6,15-19H,4H2,1H3. The fraction of sp³-hybridized carbons (Fsp3) is 0.143. The Morgan fingerprint density at radius 3 is 2.11 bits per heavy atom. The van der Waals surface area contributed by atoms with Gasteiger partial charge in [-0.15, -0.1) is 0 Å². The van der Waals surface area contributed by atoms with Crippen molar-refractivity contribution in [2.75, 3.05) is 0 Å². The summed E-state index contributed by atoms with van der Waals surface area (Å²) in [5, 5.41) is 47.4. The molecule has 5 nitrogen and oxygen atoms in total. The molecule has 2 rings (SSSR count). The summed E-state index contributed by atoms with van der Waals surface area (Å²) in [5.74, 6) is -1.48. The van der Waals surface area contributed by atoms with Crippen molar-refractivity contribution in [3.05, 3.63) is 41.0 Å². The lowest BCUT2D eigenvalue weighted by molar-refractivity contribution is 0.365. The molecule has 0 heterocycles. The number of rotatable bonds is 2. The van der Waals surface area contributed by atoms with Gasteiger partial charge < -0.3 is 25.5 Å². The zero-order chi connectivity index (χ0) is 14.2. The molecule has 2 aromatic rings. The number of phenolic OH excluding ortho intramolecular Hbond substituents is 5. The first-order chi connectivity index (χ1) is 8.90. The van der Waals surface area contributed by atoms with Crippen LogP contribution < -0.4 is 0 Å². The molecule has 0 aliphatic heterocycles. The maximum absolute atomic E-state index is 9.70. The summed E-state index contributed by atoms with van der Waals surface area (Å²) in [6.07, 6.45) is 0.249. The highest BCUT2D eigenvalue weighted by atomic mass is 16.3. The Labute approximate surface area is 109 Å². The molecule has 0 saturated heterocycles. The normalized spacial score (nSPS) is 10.6. The fourth-order valence-corrected chi connectivity index (χ4v) is 1.88. The van der Waals surface area contributed by atoms with E-state index in [9.17, 15) is 25.5 Å². The molecule has 5 N–H and O–H groups in total. The molecule has 0 amide bonds. The van der Waals surface area contributed by atoms with E-state index in [2.05, 4.69) is 0 Å². The van der Waals surface area contributed by atoms with E-state index in [1.54, 1.807) is 13.0 Å². The van der Waals surface area contributed by atoms with Gasteiger partial charge in [0.05, 0.1) is 0 Å². The molecule has 0 atom stereocenters. The predicted octanol–water partition coefficient (Wildman–Crippen LogP) is 2.11. The van der Waals surface area contributed by atoms with Crippen LogP contribution in [0.2, 0.25) is 0 Å². The zero-order valence-electron chi connectivity index (χ0n) is 10.3. The van der Waals surface area contributed by atoms with Gasteiger partial charge in [0, 0.05) is 12.5 Å². The summed E-state index contributed by atoms with van der Waals surface area (Å²) in [7, 11) is 0. The second kappa shape index (κ2) is 4.61. The average Bonchev–Trinajstić information content (AvgIpc) is 2.36. The van der Waals surface area contributed by atoms with E-state index in [0.717, 1.165) is 0 Å². The molecule has 0 saturated carbocycles. The van der Waals surface area contributed by atoms with Crippen LogP contribution in [0, 0.1) is 6.92 Å². The molecule has 0 spiro atoms. The molecular formula is C14H14O5. The Hall–Kier alpha value is -2.56. The molecule has 0 aliphatic carbocycles. The monoisotopic (exact) mass is 262 g/mol. The van der Waals surface area contributed by atoms with Crippen molar-refractivity contribution in [1.82, 2.24) is 0 Å². The molecule has 100 valence electrons. The van der Waals surface area contributed by atoms with Crippen LogP contribution >= 0.6 is 0 Å². The van der Waals surface area contributed by atoms with Gasteiger partial charge in [0.2, 0.25) is 5.75 Å². The molecule has 0 radical (unpaired) electrons. The van der Waals surface area contributed by atoms with E-state index in [-0.39, 0.29) is 23.7 Å². The van der Waals surface area contributed by atoms with Crippen molar-refractivity contribution in [3.8, 4) is 28.7 Å². The zero-order valence-corrected chi connectivity index (χ0v) is 10.3. The number of benzene rings is 2. The number of aromatic hydroxyl groups is 5. The van der Waals surface area contributed by atoms with Crippen molar-refractivity contribution >= 4 is 0 Å². The van der Waals surface area contributed by atoms with Gasteiger partial charge in [-0.3, -0.25) is 0 Å². The van der Waals surface area contributed by atoms with Crippen LogP contribution in [0.5, 0.6) is 28.7 Å². The fourth-order valence-electron chi connectivity index (χ4n) is 1.88. The Morgan fingerprint density at radius 1 is 0.789 bits per heavy atom. The van der Waals surface area contributed by atoms with E-state index in [1.165, 1.54) is 18.2 Å². The van der Waals surface area contributed by atoms with Gasteiger partial charge in [-0.1, -0.05) is 6.07 Å². The van der Waals surface area contributed by atoms with Gasteiger partial charge in [-0.25, -0.2) is 0 Å². The first-order valence-electron chi connectivity index (χ1n) is 5.64. The summed E-state index contributed by atoms with van der Waals surface area (Å²) in [4.78, 5) is 0. The Bertz CT molecular complexity index is 634. The molecule has 0 bridgehead atoms. The molecule has 19 heavy (non-hydrogen) atoms. The van der Waals surface area contributed by atoms with Crippen LogP contribution in [0.3, 0.4) is 0 Å². The van der Waals surface area contributed by atoms with Crippen LogP contribution in [0.15, 0.2) is 24.3 Å². The van der Waals surface area contributed by atoms with Crippen LogP contribution in [-0.2, 0) is 6.42 Å². The Kier molecular flexibility index (Phi) is 3.12. The topological polar surface area (TPSA) is 101 Å². The smallest absolute Gasteiger partial charge is 0.200 e. The minimum atomic E-state index is -0.559. The highest BCUT2D eigenvalue weighted by Crippen LogP contribution is 2.40. The molecule has 2 aromatic carbocycles. The lowest BCUT2D eigenvalue weighted by Crippen LogP contribution is -1.93. The van der Waals surface area contributed by atoms with E-state index in [0.29, 0.717) is 16.7 Å². The van der Waals surface area contributed by atoms with Gasteiger partial charge in [0.15, 0.2) is 11.5 Å². The third-order valence-electron chi connectivity index (χ3n) is 3.06. The number of hydrogen-bond acceptors (Lipinski definition) is 5. The molecule has 0 aromatic heterocycles. The predicted molar refractivity (Wildman–Crippen MR) is 68.8 cm³/mol. The van der Waals surface area contributed by atoms with Gasteiger partial charge in [-0.05, 0) is 35.7 Å². The lowest BCUT2D eigenvalue weighted by atomic mass is 9.98. The van der Waals surface area contributed by atoms with Gasteiger partial charge in [-0.2, -0.15) is 0 Å². The highest BCUT2D eigenvalue weighted by molar-refractivity contribution is 5.57.